The zero-order chi connectivity index (χ0) is 30.0. The van der Waals surface area contributed by atoms with Crippen molar-refractivity contribution in [2.24, 2.45) is 5.73 Å². The summed E-state index contributed by atoms with van der Waals surface area (Å²) in [5, 5.41) is 22.6. The van der Waals surface area contributed by atoms with Crippen LogP contribution in [0.3, 0.4) is 0 Å². The second-order valence-electron chi connectivity index (χ2n) is 9.22. The van der Waals surface area contributed by atoms with E-state index in [1.165, 1.54) is 12.5 Å². The van der Waals surface area contributed by atoms with E-state index in [9.17, 15) is 27.9 Å². The largest absolute Gasteiger partial charge is 0.508 e. The van der Waals surface area contributed by atoms with Crippen molar-refractivity contribution < 1.29 is 37.8 Å². The molecule has 0 fully saturated rings. The summed E-state index contributed by atoms with van der Waals surface area (Å²) in [6, 6.07) is 18.6. The van der Waals surface area contributed by atoms with Crippen LogP contribution in [0.4, 0.5) is 18.9 Å². The lowest BCUT2D eigenvalue weighted by atomic mass is 9.96. The van der Waals surface area contributed by atoms with Crippen molar-refractivity contribution in [1.82, 2.24) is 5.32 Å². The molecule has 0 aliphatic carbocycles. The van der Waals surface area contributed by atoms with E-state index in [2.05, 4.69) is 22.8 Å². The minimum absolute atomic E-state index is 0.173. The Labute approximate surface area is 230 Å². The summed E-state index contributed by atoms with van der Waals surface area (Å²) in [6.45, 7) is 5.49. The van der Waals surface area contributed by atoms with Gasteiger partial charge in [-0.3, -0.25) is 9.59 Å². The van der Waals surface area contributed by atoms with Gasteiger partial charge in [0.25, 0.3) is 0 Å². The number of anilines is 1. The van der Waals surface area contributed by atoms with Gasteiger partial charge in [-0.1, -0.05) is 42.5 Å². The van der Waals surface area contributed by atoms with E-state index in [4.69, 9.17) is 15.6 Å². The predicted octanol–water partition coefficient (Wildman–Crippen LogP) is 4.38. The molecule has 3 aromatic rings. The van der Waals surface area contributed by atoms with Crippen LogP contribution in [-0.2, 0) is 33.8 Å². The lowest BCUT2D eigenvalue weighted by molar-refractivity contribution is -0.192. The van der Waals surface area contributed by atoms with Gasteiger partial charge < -0.3 is 26.6 Å². The van der Waals surface area contributed by atoms with Crippen molar-refractivity contribution in [3.63, 3.8) is 0 Å². The Morgan fingerprint density at radius 3 is 2.05 bits per heavy atom. The van der Waals surface area contributed by atoms with E-state index in [0.29, 0.717) is 12.1 Å². The van der Waals surface area contributed by atoms with Crippen LogP contribution in [0.15, 0.2) is 60.7 Å². The highest BCUT2D eigenvalue weighted by atomic mass is 19.4. The summed E-state index contributed by atoms with van der Waals surface area (Å²) in [5.41, 5.74) is 12.7. The van der Waals surface area contributed by atoms with Gasteiger partial charge in [0, 0.05) is 19.2 Å². The van der Waals surface area contributed by atoms with Crippen molar-refractivity contribution in [3.8, 4) is 5.75 Å². The van der Waals surface area contributed by atoms with Crippen LogP contribution in [0, 0.1) is 13.8 Å². The molecule has 0 heterocycles. The van der Waals surface area contributed by atoms with Crippen LogP contribution in [-0.4, -0.2) is 40.2 Å². The quantitative estimate of drug-likeness (QED) is 0.277. The highest BCUT2D eigenvalue weighted by molar-refractivity contribution is 5.90. The van der Waals surface area contributed by atoms with Crippen molar-refractivity contribution >= 4 is 23.5 Å². The fourth-order valence-electron chi connectivity index (χ4n) is 3.97. The minimum atomic E-state index is -5.08. The maximum absolute atomic E-state index is 12.7. The molecule has 2 amide bonds. The molecule has 0 saturated heterocycles. The number of aliphatic carboxylic acids is 1. The molecule has 6 N–H and O–H groups in total. The molecule has 1 atom stereocenters. The van der Waals surface area contributed by atoms with Crippen LogP contribution in [0.5, 0.6) is 5.75 Å². The predicted molar refractivity (Wildman–Crippen MR) is 145 cm³/mol. The Morgan fingerprint density at radius 1 is 0.950 bits per heavy atom. The molecule has 0 aliphatic heterocycles. The number of nitrogens with two attached hydrogens (primary N) is 1. The van der Waals surface area contributed by atoms with Crippen molar-refractivity contribution in [2.45, 2.75) is 52.4 Å². The summed E-state index contributed by atoms with van der Waals surface area (Å²) < 4.78 is 31.7. The van der Waals surface area contributed by atoms with Gasteiger partial charge in [-0.05, 0) is 78.3 Å². The second-order valence-corrected chi connectivity index (χ2v) is 9.22. The molecule has 3 aromatic carbocycles. The molecular formula is C29H32F3N3O5. The Morgan fingerprint density at radius 2 is 1.52 bits per heavy atom. The first-order valence-electron chi connectivity index (χ1n) is 12.2. The van der Waals surface area contributed by atoms with Crippen molar-refractivity contribution in [1.29, 1.82) is 0 Å². The van der Waals surface area contributed by atoms with Crippen LogP contribution in [0.2, 0.25) is 0 Å². The Kier molecular flexibility index (Phi) is 11.2. The van der Waals surface area contributed by atoms with E-state index in [0.717, 1.165) is 34.2 Å². The number of phenolic OH excluding ortho intramolecular Hbond substituents is 1. The Bertz CT molecular complexity index is 1320. The number of hydrogen-bond donors (Lipinski definition) is 5. The zero-order valence-electron chi connectivity index (χ0n) is 22.3. The minimum Gasteiger partial charge on any atom is -0.508 e. The first-order valence-corrected chi connectivity index (χ1v) is 12.2. The SMILES string of the molecule is CC(=O)Nc1ccc(Cc2ccccc2)cc1CNC(=O)[C@@H](N)Cc1c(C)cc(O)cc1C.O=C(O)C(F)(F)F. The summed E-state index contributed by atoms with van der Waals surface area (Å²) >= 11 is 0. The number of carboxylic acid groups (broad SMARTS) is 1. The number of carboxylic acids is 1. The number of aromatic hydroxyl groups is 1. The lowest BCUT2D eigenvalue weighted by Crippen LogP contribution is -2.42. The number of amides is 2. The van der Waals surface area contributed by atoms with E-state index in [1.807, 2.05) is 50.2 Å². The number of aryl methyl sites for hydroxylation is 2. The van der Waals surface area contributed by atoms with Crippen molar-refractivity contribution in [3.05, 3.63) is 94.0 Å². The van der Waals surface area contributed by atoms with Gasteiger partial charge in [0.05, 0.1) is 6.04 Å². The molecule has 0 bridgehead atoms. The number of carbonyl (C=O) groups is 3. The van der Waals surface area contributed by atoms with Gasteiger partial charge in [-0.2, -0.15) is 13.2 Å². The standard InChI is InChI=1S/C27H31N3O3.C2HF3O2/c1-17-11-23(32)12-18(2)24(17)15-25(28)27(33)29-16-22-14-21(9-10-26(22)30-19(3)31)13-20-7-5-4-6-8-20;3-2(4,5)1(6)7/h4-12,14,25,32H,13,15-16,28H2,1-3H3,(H,29,33)(H,30,31);(H,6,7)/t25-;/m0./s1. The molecule has 0 aromatic heterocycles. The smallest absolute Gasteiger partial charge is 0.490 e. The third-order valence-corrected chi connectivity index (χ3v) is 5.87. The molecule has 0 saturated carbocycles. The van der Waals surface area contributed by atoms with Crippen LogP contribution in [0.25, 0.3) is 0 Å². The second kappa shape index (κ2) is 14.1. The number of hydrogen-bond acceptors (Lipinski definition) is 5. The monoisotopic (exact) mass is 559 g/mol. The molecule has 3 rings (SSSR count). The van der Waals surface area contributed by atoms with Gasteiger partial charge >= 0.3 is 12.1 Å². The van der Waals surface area contributed by atoms with Gasteiger partial charge in [0.15, 0.2) is 0 Å². The first kappa shape index (κ1) is 31.8. The normalized spacial score (nSPS) is 11.6. The molecule has 0 unspecified atom stereocenters. The fourth-order valence-corrected chi connectivity index (χ4v) is 3.97. The lowest BCUT2D eigenvalue weighted by Gasteiger charge is -2.17. The third-order valence-electron chi connectivity index (χ3n) is 5.87. The average Bonchev–Trinajstić information content (AvgIpc) is 2.86. The highest BCUT2D eigenvalue weighted by Gasteiger charge is 2.38. The van der Waals surface area contributed by atoms with Crippen LogP contribution >= 0.6 is 0 Å². The Hall–Kier alpha value is -4.38. The van der Waals surface area contributed by atoms with Gasteiger partial charge in [-0.25, -0.2) is 4.79 Å². The molecular weight excluding hydrogens is 527 g/mol. The molecule has 214 valence electrons. The molecule has 0 aliphatic rings. The highest BCUT2D eigenvalue weighted by Crippen LogP contribution is 2.23. The topological polar surface area (TPSA) is 142 Å². The van der Waals surface area contributed by atoms with Crippen molar-refractivity contribution in [2.75, 3.05) is 5.32 Å². The summed E-state index contributed by atoms with van der Waals surface area (Å²) in [6.07, 6.45) is -3.96. The number of benzene rings is 3. The number of rotatable bonds is 8. The first-order chi connectivity index (χ1) is 18.7. The van der Waals surface area contributed by atoms with Gasteiger partial charge in [-0.15, -0.1) is 0 Å². The number of alkyl halides is 3. The molecule has 40 heavy (non-hydrogen) atoms. The van der Waals surface area contributed by atoms with Crippen LogP contribution < -0.4 is 16.4 Å². The van der Waals surface area contributed by atoms with E-state index >= 15 is 0 Å². The molecule has 0 spiro atoms. The number of carbonyl (C=O) groups excluding carboxylic acids is 2. The molecule has 8 nitrogen and oxygen atoms in total. The summed E-state index contributed by atoms with van der Waals surface area (Å²) in [5.74, 6) is -3.00. The average molecular weight is 560 g/mol. The van der Waals surface area contributed by atoms with E-state index < -0.39 is 18.2 Å². The maximum Gasteiger partial charge on any atom is 0.490 e. The summed E-state index contributed by atoms with van der Waals surface area (Å²) in [4.78, 5) is 33.3. The van der Waals surface area contributed by atoms with Gasteiger partial charge in [0.2, 0.25) is 11.8 Å². The van der Waals surface area contributed by atoms with Crippen LogP contribution in [0.1, 0.15) is 40.3 Å². The van der Waals surface area contributed by atoms with E-state index in [1.54, 1.807) is 12.1 Å². The van der Waals surface area contributed by atoms with Gasteiger partial charge in [0.1, 0.15) is 5.75 Å². The fraction of sp³-hybridized carbons (Fsp3) is 0.276. The Balaban J connectivity index is 0.000000708. The number of nitrogens with one attached hydrogen (secondary N) is 2. The molecule has 0 radical (unpaired) electrons. The third kappa shape index (κ3) is 10.1. The zero-order valence-corrected chi connectivity index (χ0v) is 22.3. The number of phenols is 1. The number of halogens is 3. The maximum atomic E-state index is 12.7. The molecule has 11 heteroatoms. The summed E-state index contributed by atoms with van der Waals surface area (Å²) in [7, 11) is 0. The van der Waals surface area contributed by atoms with E-state index in [-0.39, 0.29) is 24.1 Å².